The zero-order chi connectivity index (χ0) is 21.2. The van der Waals surface area contributed by atoms with Crippen LogP contribution in [0, 0.1) is 18.3 Å². The van der Waals surface area contributed by atoms with Gasteiger partial charge in [0.25, 0.3) is 5.91 Å². The van der Waals surface area contributed by atoms with Gasteiger partial charge >= 0.3 is 0 Å². The van der Waals surface area contributed by atoms with Crippen LogP contribution < -0.4 is 10.1 Å². The number of unbranched alkanes of at least 4 members (excludes halogenated alkanes) is 3. The Morgan fingerprint density at radius 2 is 1.79 bits per heavy atom. The minimum atomic E-state index is -0.445. The summed E-state index contributed by atoms with van der Waals surface area (Å²) in [5, 5.41) is 12.2. The summed E-state index contributed by atoms with van der Waals surface area (Å²) < 4.78 is 7.41. The van der Waals surface area contributed by atoms with E-state index in [0.717, 1.165) is 38.7 Å². The van der Waals surface area contributed by atoms with E-state index in [2.05, 4.69) is 44.1 Å². The number of halogens is 2. The second-order valence-corrected chi connectivity index (χ2v) is 8.42. The molecule has 2 aromatic rings. The molecule has 152 valence electrons. The highest BCUT2D eigenvalue weighted by Crippen LogP contribution is 2.35. The number of rotatable bonds is 9. The second-order valence-electron chi connectivity index (χ2n) is 6.71. The first kappa shape index (κ1) is 23.2. The molecule has 6 heteroatoms. The summed E-state index contributed by atoms with van der Waals surface area (Å²) in [6, 6.07) is 13.1. The molecule has 4 nitrogen and oxygen atoms in total. The number of nitrogens with one attached hydrogen (secondary N) is 1. The minimum Gasteiger partial charge on any atom is -0.491 e. The normalized spacial score (nSPS) is 11.1. The highest BCUT2D eigenvalue weighted by atomic mass is 79.9. The van der Waals surface area contributed by atoms with Gasteiger partial charge in [0.1, 0.15) is 17.4 Å². The van der Waals surface area contributed by atoms with Crippen molar-refractivity contribution in [2.24, 2.45) is 0 Å². The van der Waals surface area contributed by atoms with Crippen LogP contribution in [-0.4, -0.2) is 12.5 Å². The van der Waals surface area contributed by atoms with E-state index in [-0.39, 0.29) is 5.57 Å². The van der Waals surface area contributed by atoms with Crippen molar-refractivity contribution in [3.8, 4) is 11.8 Å². The van der Waals surface area contributed by atoms with Crippen molar-refractivity contribution in [1.82, 2.24) is 0 Å². The number of benzene rings is 2. The van der Waals surface area contributed by atoms with E-state index in [9.17, 15) is 10.1 Å². The molecule has 0 saturated carbocycles. The highest BCUT2D eigenvalue weighted by Gasteiger charge is 2.12. The lowest BCUT2D eigenvalue weighted by atomic mass is 10.1. The Kier molecular flexibility index (Phi) is 9.43. The third-order valence-electron chi connectivity index (χ3n) is 4.25. The fourth-order valence-corrected chi connectivity index (χ4v) is 4.11. The number of anilines is 1. The number of nitrogens with zero attached hydrogens (tertiary/aromatic N) is 1. The zero-order valence-electron chi connectivity index (χ0n) is 16.6. The van der Waals surface area contributed by atoms with Crippen molar-refractivity contribution in [3.05, 3.63) is 62.0 Å². The van der Waals surface area contributed by atoms with Gasteiger partial charge in [-0.2, -0.15) is 5.26 Å². The van der Waals surface area contributed by atoms with E-state index in [1.807, 2.05) is 49.4 Å². The maximum atomic E-state index is 12.4. The molecule has 2 rings (SSSR count). The standard InChI is InChI=1S/C23H24Br2N2O2/c1-3-4-5-6-11-29-22-20(24)13-17(14-21(22)25)12-18(15-26)23(28)27-19-9-7-16(2)8-10-19/h7-10,12-14H,3-6,11H2,1-2H3,(H,27,28)/b18-12-. The first-order valence-electron chi connectivity index (χ1n) is 9.56. The third kappa shape index (κ3) is 7.34. The molecule has 2 aromatic carbocycles. The fourth-order valence-electron chi connectivity index (χ4n) is 2.65. The van der Waals surface area contributed by atoms with Crippen molar-refractivity contribution in [3.63, 3.8) is 0 Å². The summed E-state index contributed by atoms with van der Waals surface area (Å²) in [5.74, 6) is 0.279. The number of hydrogen-bond donors (Lipinski definition) is 1. The summed E-state index contributed by atoms with van der Waals surface area (Å²) in [6.07, 6.45) is 6.11. The molecule has 0 aliphatic rings. The van der Waals surface area contributed by atoms with Gasteiger partial charge in [-0.25, -0.2) is 0 Å². The molecule has 0 saturated heterocycles. The van der Waals surface area contributed by atoms with Gasteiger partial charge in [0.05, 0.1) is 15.6 Å². The van der Waals surface area contributed by atoms with Gasteiger partial charge in [-0.15, -0.1) is 0 Å². The second kappa shape index (κ2) is 11.8. The lowest BCUT2D eigenvalue weighted by Gasteiger charge is -2.11. The van der Waals surface area contributed by atoms with Gasteiger partial charge in [-0.05, 0) is 81.1 Å². The smallest absolute Gasteiger partial charge is 0.266 e. The lowest BCUT2D eigenvalue weighted by Crippen LogP contribution is -2.13. The Bertz CT molecular complexity index is 892. The van der Waals surface area contributed by atoms with E-state index < -0.39 is 5.91 Å². The van der Waals surface area contributed by atoms with Crippen LogP contribution >= 0.6 is 31.9 Å². The quantitative estimate of drug-likeness (QED) is 0.220. The number of carbonyl (C=O) groups excluding carboxylic acids is 1. The number of hydrogen-bond acceptors (Lipinski definition) is 3. The van der Waals surface area contributed by atoms with E-state index in [1.165, 1.54) is 12.8 Å². The Morgan fingerprint density at radius 1 is 1.14 bits per heavy atom. The van der Waals surface area contributed by atoms with Gasteiger partial charge < -0.3 is 10.1 Å². The largest absolute Gasteiger partial charge is 0.491 e. The first-order valence-corrected chi connectivity index (χ1v) is 11.1. The molecule has 0 radical (unpaired) electrons. The average Bonchev–Trinajstić information content (AvgIpc) is 2.69. The van der Waals surface area contributed by atoms with Crippen LogP contribution in [-0.2, 0) is 4.79 Å². The van der Waals surface area contributed by atoms with Crippen LogP contribution in [0.25, 0.3) is 6.08 Å². The SMILES string of the molecule is CCCCCCOc1c(Br)cc(/C=C(/C#N)C(=O)Nc2ccc(C)cc2)cc1Br. The van der Waals surface area contributed by atoms with Crippen LogP contribution in [0.3, 0.4) is 0 Å². The van der Waals surface area contributed by atoms with E-state index >= 15 is 0 Å². The molecule has 0 atom stereocenters. The number of nitriles is 1. The predicted octanol–water partition coefficient (Wildman–Crippen LogP) is 7.02. The van der Waals surface area contributed by atoms with Gasteiger partial charge in [0.15, 0.2) is 0 Å². The van der Waals surface area contributed by atoms with Crippen LogP contribution in [0.15, 0.2) is 50.9 Å². The number of carbonyl (C=O) groups is 1. The summed E-state index contributed by atoms with van der Waals surface area (Å²) in [7, 11) is 0. The van der Waals surface area contributed by atoms with Crippen molar-refractivity contribution in [1.29, 1.82) is 5.26 Å². The van der Waals surface area contributed by atoms with Crippen molar-refractivity contribution < 1.29 is 9.53 Å². The number of ether oxygens (including phenoxy) is 1. The Labute approximate surface area is 189 Å². The van der Waals surface area contributed by atoms with Crippen LogP contribution in [0.2, 0.25) is 0 Å². The molecule has 0 aliphatic heterocycles. The third-order valence-corrected chi connectivity index (χ3v) is 5.43. The fraction of sp³-hybridized carbons (Fsp3) is 0.304. The Balaban J connectivity index is 2.11. The van der Waals surface area contributed by atoms with E-state index in [1.54, 1.807) is 6.08 Å². The van der Waals surface area contributed by atoms with Crippen molar-refractivity contribution in [2.75, 3.05) is 11.9 Å². The molecule has 0 unspecified atom stereocenters. The summed E-state index contributed by atoms with van der Waals surface area (Å²) in [5.41, 5.74) is 2.49. The van der Waals surface area contributed by atoms with Crippen LogP contribution in [0.1, 0.15) is 43.7 Å². The monoisotopic (exact) mass is 518 g/mol. The van der Waals surface area contributed by atoms with Crippen molar-refractivity contribution >= 4 is 49.5 Å². The lowest BCUT2D eigenvalue weighted by molar-refractivity contribution is -0.112. The Morgan fingerprint density at radius 3 is 2.38 bits per heavy atom. The maximum Gasteiger partial charge on any atom is 0.266 e. The molecule has 0 bridgehead atoms. The number of aryl methyl sites for hydroxylation is 1. The maximum absolute atomic E-state index is 12.4. The minimum absolute atomic E-state index is 0.0256. The topological polar surface area (TPSA) is 62.1 Å². The molecule has 1 N–H and O–H groups in total. The van der Waals surface area contributed by atoms with Gasteiger partial charge in [0.2, 0.25) is 0 Å². The summed E-state index contributed by atoms with van der Waals surface area (Å²) >= 11 is 7.05. The number of amides is 1. The van der Waals surface area contributed by atoms with Crippen LogP contribution in [0.4, 0.5) is 5.69 Å². The van der Waals surface area contributed by atoms with Gasteiger partial charge in [0, 0.05) is 5.69 Å². The van der Waals surface area contributed by atoms with Gasteiger partial charge in [-0.1, -0.05) is 43.9 Å². The molecule has 0 aromatic heterocycles. The molecule has 0 aliphatic carbocycles. The van der Waals surface area contributed by atoms with E-state index in [4.69, 9.17) is 4.74 Å². The highest BCUT2D eigenvalue weighted by molar-refractivity contribution is 9.11. The van der Waals surface area contributed by atoms with Crippen molar-refractivity contribution in [2.45, 2.75) is 39.5 Å². The van der Waals surface area contributed by atoms with Gasteiger partial charge in [-0.3, -0.25) is 4.79 Å². The first-order chi connectivity index (χ1) is 13.9. The zero-order valence-corrected chi connectivity index (χ0v) is 19.8. The summed E-state index contributed by atoms with van der Waals surface area (Å²) in [6.45, 7) is 4.80. The molecule has 29 heavy (non-hydrogen) atoms. The Hall–Kier alpha value is -2.10. The molecule has 1 amide bonds. The molecule has 0 heterocycles. The van der Waals surface area contributed by atoms with E-state index in [0.29, 0.717) is 12.3 Å². The average molecular weight is 520 g/mol. The molecular weight excluding hydrogens is 496 g/mol. The molecule has 0 spiro atoms. The van der Waals surface area contributed by atoms with Crippen LogP contribution in [0.5, 0.6) is 5.75 Å². The predicted molar refractivity (Wildman–Crippen MR) is 125 cm³/mol. The molecular formula is C23H24Br2N2O2. The molecule has 0 fully saturated rings. The summed E-state index contributed by atoms with van der Waals surface area (Å²) in [4.78, 5) is 12.4.